The SMILES string of the molecule is C=CCOc1ccccc1CC(C)(C)C. The van der Waals surface area contributed by atoms with Crippen molar-refractivity contribution in [1.82, 2.24) is 0 Å². The molecular weight excluding hydrogens is 184 g/mol. The number of hydrogen-bond acceptors (Lipinski definition) is 1. The normalized spacial score (nSPS) is 11.1. The molecule has 0 spiro atoms. The molecule has 1 heteroatoms. The van der Waals surface area contributed by atoms with Crippen LogP contribution in [0.2, 0.25) is 0 Å². The van der Waals surface area contributed by atoms with E-state index in [0.29, 0.717) is 6.61 Å². The van der Waals surface area contributed by atoms with Crippen molar-refractivity contribution < 1.29 is 4.74 Å². The quantitative estimate of drug-likeness (QED) is 0.677. The molecule has 1 nitrogen and oxygen atoms in total. The molecule has 0 fully saturated rings. The summed E-state index contributed by atoms with van der Waals surface area (Å²) in [7, 11) is 0. The van der Waals surface area contributed by atoms with Gasteiger partial charge in [-0.2, -0.15) is 0 Å². The summed E-state index contributed by atoms with van der Waals surface area (Å²) in [6.45, 7) is 10.9. The van der Waals surface area contributed by atoms with Gasteiger partial charge >= 0.3 is 0 Å². The summed E-state index contributed by atoms with van der Waals surface area (Å²) in [6, 6.07) is 8.21. The molecule has 0 N–H and O–H groups in total. The van der Waals surface area contributed by atoms with Crippen LogP contribution >= 0.6 is 0 Å². The zero-order valence-electron chi connectivity index (χ0n) is 9.92. The maximum Gasteiger partial charge on any atom is 0.122 e. The zero-order chi connectivity index (χ0) is 11.3. The van der Waals surface area contributed by atoms with E-state index in [4.69, 9.17) is 4.74 Å². The average Bonchev–Trinajstić information content (AvgIpc) is 2.14. The molecule has 0 saturated carbocycles. The Balaban J connectivity index is 2.81. The summed E-state index contributed by atoms with van der Waals surface area (Å²) in [5.41, 5.74) is 1.56. The summed E-state index contributed by atoms with van der Waals surface area (Å²) >= 11 is 0. The fourth-order valence-electron chi connectivity index (χ4n) is 1.51. The molecule has 0 saturated heterocycles. The van der Waals surface area contributed by atoms with Crippen LogP contribution in [-0.4, -0.2) is 6.61 Å². The summed E-state index contributed by atoms with van der Waals surface area (Å²) in [6.07, 6.45) is 2.80. The topological polar surface area (TPSA) is 9.23 Å². The molecule has 0 unspecified atom stereocenters. The highest BCUT2D eigenvalue weighted by molar-refractivity contribution is 5.34. The molecule has 0 aliphatic heterocycles. The molecular formula is C14H20O. The fraction of sp³-hybridized carbons (Fsp3) is 0.429. The van der Waals surface area contributed by atoms with Crippen molar-refractivity contribution in [2.75, 3.05) is 6.61 Å². The van der Waals surface area contributed by atoms with Gasteiger partial charge < -0.3 is 4.74 Å². The number of para-hydroxylation sites is 1. The summed E-state index contributed by atoms with van der Waals surface area (Å²) in [4.78, 5) is 0. The molecule has 0 radical (unpaired) electrons. The smallest absolute Gasteiger partial charge is 0.122 e. The van der Waals surface area contributed by atoms with Gasteiger partial charge in [-0.1, -0.05) is 51.6 Å². The first kappa shape index (κ1) is 11.8. The van der Waals surface area contributed by atoms with Crippen molar-refractivity contribution in [1.29, 1.82) is 0 Å². The monoisotopic (exact) mass is 204 g/mol. The Morgan fingerprint density at radius 1 is 1.27 bits per heavy atom. The second-order valence-corrected chi connectivity index (χ2v) is 4.94. The van der Waals surface area contributed by atoms with Crippen LogP contribution in [0.1, 0.15) is 26.3 Å². The van der Waals surface area contributed by atoms with E-state index in [1.54, 1.807) is 6.08 Å². The van der Waals surface area contributed by atoms with Crippen molar-refractivity contribution in [3.05, 3.63) is 42.5 Å². The highest BCUT2D eigenvalue weighted by Gasteiger charge is 2.14. The Labute approximate surface area is 92.8 Å². The number of rotatable bonds is 4. The molecule has 1 aromatic carbocycles. The molecule has 0 aliphatic carbocycles. The molecule has 82 valence electrons. The molecule has 0 aliphatic rings. The molecule has 1 rings (SSSR count). The van der Waals surface area contributed by atoms with Gasteiger partial charge in [0.05, 0.1) is 0 Å². The van der Waals surface area contributed by atoms with E-state index in [1.165, 1.54) is 5.56 Å². The molecule has 1 aromatic rings. The first-order valence-corrected chi connectivity index (χ1v) is 5.34. The molecule has 0 heterocycles. The Hall–Kier alpha value is -1.24. The maximum atomic E-state index is 5.61. The lowest BCUT2D eigenvalue weighted by molar-refractivity contribution is 0.346. The Morgan fingerprint density at radius 3 is 2.53 bits per heavy atom. The molecule has 15 heavy (non-hydrogen) atoms. The fourth-order valence-corrected chi connectivity index (χ4v) is 1.51. The molecule has 0 aromatic heterocycles. The minimum atomic E-state index is 0.285. The lowest BCUT2D eigenvalue weighted by Gasteiger charge is -2.20. The van der Waals surface area contributed by atoms with E-state index in [-0.39, 0.29) is 5.41 Å². The van der Waals surface area contributed by atoms with Crippen molar-refractivity contribution in [2.45, 2.75) is 27.2 Å². The zero-order valence-corrected chi connectivity index (χ0v) is 9.92. The van der Waals surface area contributed by atoms with Crippen molar-refractivity contribution in [3.8, 4) is 5.75 Å². The molecule has 0 atom stereocenters. The molecule has 0 amide bonds. The van der Waals surface area contributed by atoms with E-state index >= 15 is 0 Å². The Kier molecular flexibility index (Phi) is 3.96. The van der Waals surface area contributed by atoms with Crippen molar-refractivity contribution in [2.24, 2.45) is 5.41 Å². The first-order chi connectivity index (χ1) is 7.03. The number of hydrogen-bond donors (Lipinski definition) is 0. The predicted molar refractivity (Wildman–Crippen MR) is 65.3 cm³/mol. The minimum absolute atomic E-state index is 0.285. The first-order valence-electron chi connectivity index (χ1n) is 5.34. The second-order valence-electron chi connectivity index (χ2n) is 4.94. The lowest BCUT2D eigenvalue weighted by atomic mass is 9.88. The Morgan fingerprint density at radius 2 is 1.93 bits per heavy atom. The van der Waals surface area contributed by atoms with Crippen LogP contribution in [0.3, 0.4) is 0 Å². The third kappa shape index (κ3) is 4.20. The van der Waals surface area contributed by atoms with Crippen molar-refractivity contribution in [3.63, 3.8) is 0 Å². The second kappa shape index (κ2) is 5.01. The van der Waals surface area contributed by atoms with Crippen LogP contribution in [0.5, 0.6) is 5.75 Å². The van der Waals surface area contributed by atoms with Gasteiger partial charge in [-0.05, 0) is 23.5 Å². The highest BCUT2D eigenvalue weighted by atomic mass is 16.5. The van der Waals surface area contributed by atoms with E-state index in [2.05, 4.69) is 39.5 Å². The minimum Gasteiger partial charge on any atom is -0.489 e. The largest absolute Gasteiger partial charge is 0.489 e. The summed E-state index contributed by atoms with van der Waals surface area (Å²) in [5, 5.41) is 0. The van der Waals surface area contributed by atoms with Gasteiger partial charge in [0.15, 0.2) is 0 Å². The van der Waals surface area contributed by atoms with Crippen LogP contribution in [0.15, 0.2) is 36.9 Å². The average molecular weight is 204 g/mol. The van der Waals surface area contributed by atoms with Crippen LogP contribution in [0, 0.1) is 5.41 Å². The van der Waals surface area contributed by atoms with Crippen LogP contribution in [0.25, 0.3) is 0 Å². The standard InChI is InChI=1S/C14H20O/c1-5-10-15-13-9-7-6-8-12(13)11-14(2,3)4/h5-9H,1,10-11H2,2-4H3. The van der Waals surface area contributed by atoms with Gasteiger partial charge in [0.1, 0.15) is 12.4 Å². The number of ether oxygens (including phenoxy) is 1. The third-order valence-electron chi connectivity index (χ3n) is 2.05. The highest BCUT2D eigenvalue weighted by Crippen LogP contribution is 2.27. The van der Waals surface area contributed by atoms with Gasteiger partial charge in [0, 0.05) is 0 Å². The summed E-state index contributed by atoms with van der Waals surface area (Å²) in [5.74, 6) is 0.979. The van der Waals surface area contributed by atoms with Gasteiger partial charge in [0.2, 0.25) is 0 Å². The van der Waals surface area contributed by atoms with Crippen molar-refractivity contribution >= 4 is 0 Å². The van der Waals surface area contributed by atoms with E-state index in [9.17, 15) is 0 Å². The predicted octanol–water partition coefficient (Wildman–Crippen LogP) is 3.84. The van der Waals surface area contributed by atoms with Crippen LogP contribution in [-0.2, 0) is 6.42 Å². The summed E-state index contributed by atoms with van der Waals surface area (Å²) < 4.78 is 5.61. The van der Waals surface area contributed by atoms with Gasteiger partial charge in [-0.3, -0.25) is 0 Å². The maximum absolute atomic E-state index is 5.61. The van der Waals surface area contributed by atoms with E-state index < -0.39 is 0 Å². The van der Waals surface area contributed by atoms with Gasteiger partial charge in [-0.15, -0.1) is 0 Å². The van der Waals surface area contributed by atoms with E-state index in [0.717, 1.165) is 12.2 Å². The van der Waals surface area contributed by atoms with Crippen LogP contribution in [0.4, 0.5) is 0 Å². The lowest BCUT2D eigenvalue weighted by Crippen LogP contribution is -2.10. The Bertz CT molecular complexity index is 320. The van der Waals surface area contributed by atoms with E-state index in [1.807, 2.05) is 12.1 Å². The third-order valence-corrected chi connectivity index (χ3v) is 2.05. The number of benzene rings is 1. The molecule has 0 bridgehead atoms. The van der Waals surface area contributed by atoms with Gasteiger partial charge in [-0.25, -0.2) is 0 Å². The van der Waals surface area contributed by atoms with Crippen LogP contribution < -0.4 is 4.74 Å². The van der Waals surface area contributed by atoms with Gasteiger partial charge in [0.25, 0.3) is 0 Å².